The molecule has 0 saturated heterocycles. The quantitative estimate of drug-likeness (QED) is 0.408. The summed E-state index contributed by atoms with van der Waals surface area (Å²) >= 11 is 0. The fourth-order valence-electron chi connectivity index (χ4n) is 2.38. The van der Waals surface area contributed by atoms with Gasteiger partial charge in [0.1, 0.15) is 28.8 Å². The number of benzene rings is 2. The van der Waals surface area contributed by atoms with Gasteiger partial charge in [0.25, 0.3) is 5.91 Å². The van der Waals surface area contributed by atoms with E-state index in [0.717, 1.165) is 6.08 Å². The van der Waals surface area contributed by atoms with E-state index < -0.39 is 17.4 Å². The maximum absolute atomic E-state index is 12.3. The molecule has 28 heavy (non-hydrogen) atoms. The third kappa shape index (κ3) is 4.73. The summed E-state index contributed by atoms with van der Waals surface area (Å²) in [7, 11) is 5.79. The molecule has 148 valence electrons. The molecule has 2 aromatic rings. The van der Waals surface area contributed by atoms with E-state index in [9.17, 15) is 14.7 Å². The van der Waals surface area contributed by atoms with E-state index in [1.807, 2.05) is 0 Å². The van der Waals surface area contributed by atoms with Crippen LogP contribution in [0.1, 0.15) is 5.56 Å². The van der Waals surface area contributed by atoms with Crippen LogP contribution in [0.5, 0.6) is 23.0 Å². The lowest BCUT2D eigenvalue weighted by Crippen LogP contribution is -2.21. The zero-order valence-corrected chi connectivity index (χ0v) is 15.9. The number of aliphatic hydroxyl groups is 1. The zero-order valence-electron chi connectivity index (χ0n) is 15.9. The van der Waals surface area contributed by atoms with Gasteiger partial charge in [0, 0.05) is 12.1 Å². The molecule has 0 aliphatic carbocycles. The Morgan fingerprint density at radius 1 is 0.857 bits per heavy atom. The first-order valence-electron chi connectivity index (χ1n) is 8.13. The molecule has 2 rings (SSSR count). The van der Waals surface area contributed by atoms with Crippen LogP contribution in [0.4, 0.5) is 5.69 Å². The first-order valence-corrected chi connectivity index (χ1v) is 8.13. The first kappa shape index (κ1) is 20.6. The Kier molecular flexibility index (Phi) is 6.86. The molecule has 8 heteroatoms. The van der Waals surface area contributed by atoms with E-state index in [1.54, 1.807) is 24.3 Å². The molecular formula is C20H21NO7. The number of nitrogens with one attached hydrogen (secondary N) is 1. The summed E-state index contributed by atoms with van der Waals surface area (Å²) in [6.45, 7) is 0. The summed E-state index contributed by atoms with van der Waals surface area (Å²) in [5, 5.41) is 12.7. The SMILES string of the molecule is COc1ccc(OC)c(NC(=O)C(=O)/C=C(\O)c2cc(OC)ccc2OC)c1. The fraction of sp³-hybridized carbons (Fsp3) is 0.200. The normalized spacial score (nSPS) is 10.8. The minimum atomic E-state index is -0.966. The Morgan fingerprint density at radius 2 is 1.43 bits per heavy atom. The van der Waals surface area contributed by atoms with E-state index in [0.29, 0.717) is 23.0 Å². The second kappa shape index (κ2) is 9.31. The number of hydrogen-bond donors (Lipinski definition) is 2. The van der Waals surface area contributed by atoms with Crippen molar-refractivity contribution in [3.63, 3.8) is 0 Å². The maximum atomic E-state index is 12.3. The third-order valence-corrected chi connectivity index (χ3v) is 3.83. The number of aliphatic hydroxyl groups excluding tert-OH is 1. The standard InChI is InChI=1S/C20H21NO7/c1-25-12-5-7-18(27-3)14(9-12)16(22)11-17(23)20(24)21-15-10-13(26-2)6-8-19(15)28-4/h5-11,22H,1-4H3,(H,21,24)/b16-11-. The topological polar surface area (TPSA) is 103 Å². The smallest absolute Gasteiger partial charge is 0.296 e. The number of carbonyl (C=O) groups excluding carboxylic acids is 2. The second-order valence-electron chi connectivity index (χ2n) is 5.48. The average molecular weight is 387 g/mol. The van der Waals surface area contributed by atoms with Crippen LogP contribution in [-0.4, -0.2) is 45.2 Å². The van der Waals surface area contributed by atoms with Crippen LogP contribution in [-0.2, 0) is 9.59 Å². The summed E-state index contributed by atoms with van der Waals surface area (Å²) in [4.78, 5) is 24.5. The molecule has 0 bridgehead atoms. The summed E-state index contributed by atoms with van der Waals surface area (Å²) in [5.74, 6) is -0.764. The van der Waals surface area contributed by atoms with E-state index >= 15 is 0 Å². The van der Waals surface area contributed by atoms with Crippen LogP contribution in [0.3, 0.4) is 0 Å². The van der Waals surface area contributed by atoms with Crippen molar-refractivity contribution in [3.05, 3.63) is 48.0 Å². The first-order chi connectivity index (χ1) is 13.4. The molecule has 8 nitrogen and oxygen atoms in total. The number of rotatable bonds is 8. The Labute approximate surface area is 162 Å². The van der Waals surface area contributed by atoms with Crippen molar-refractivity contribution in [1.29, 1.82) is 0 Å². The average Bonchev–Trinajstić information content (AvgIpc) is 2.72. The summed E-state index contributed by atoms with van der Waals surface area (Å²) < 4.78 is 20.5. The molecule has 2 N–H and O–H groups in total. The van der Waals surface area contributed by atoms with Crippen molar-refractivity contribution in [2.75, 3.05) is 33.8 Å². The maximum Gasteiger partial charge on any atom is 0.296 e. The van der Waals surface area contributed by atoms with Gasteiger partial charge < -0.3 is 29.4 Å². The molecule has 0 heterocycles. The molecule has 0 fully saturated rings. The lowest BCUT2D eigenvalue weighted by atomic mass is 10.1. The van der Waals surface area contributed by atoms with Crippen LogP contribution in [0.2, 0.25) is 0 Å². The van der Waals surface area contributed by atoms with Crippen molar-refractivity contribution < 1.29 is 33.6 Å². The highest BCUT2D eigenvalue weighted by atomic mass is 16.5. The molecule has 0 atom stereocenters. The lowest BCUT2D eigenvalue weighted by Gasteiger charge is -2.11. The Balaban J connectivity index is 2.26. The van der Waals surface area contributed by atoms with Gasteiger partial charge in [-0.05, 0) is 30.3 Å². The number of carbonyl (C=O) groups is 2. The van der Waals surface area contributed by atoms with Gasteiger partial charge in [-0.25, -0.2) is 0 Å². The van der Waals surface area contributed by atoms with Crippen molar-refractivity contribution in [3.8, 4) is 23.0 Å². The van der Waals surface area contributed by atoms with Crippen LogP contribution >= 0.6 is 0 Å². The Hall–Kier alpha value is -3.68. The highest BCUT2D eigenvalue weighted by Gasteiger charge is 2.18. The van der Waals surface area contributed by atoms with Crippen LogP contribution < -0.4 is 24.3 Å². The predicted molar refractivity (Wildman–Crippen MR) is 103 cm³/mol. The van der Waals surface area contributed by atoms with Gasteiger partial charge in [0.2, 0.25) is 5.78 Å². The van der Waals surface area contributed by atoms with Crippen molar-refractivity contribution >= 4 is 23.1 Å². The number of ether oxygens (including phenoxy) is 4. The van der Waals surface area contributed by atoms with Gasteiger partial charge in [0.15, 0.2) is 0 Å². The summed E-state index contributed by atoms with van der Waals surface area (Å²) in [6, 6.07) is 9.45. The summed E-state index contributed by atoms with van der Waals surface area (Å²) in [6.07, 6.45) is 0.805. The number of methoxy groups -OCH3 is 4. The van der Waals surface area contributed by atoms with Crippen LogP contribution in [0.15, 0.2) is 42.5 Å². The predicted octanol–water partition coefficient (Wildman–Crippen LogP) is 2.83. The van der Waals surface area contributed by atoms with Gasteiger partial charge in [-0.2, -0.15) is 0 Å². The van der Waals surface area contributed by atoms with Gasteiger partial charge in [-0.1, -0.05) is 0 Å². The molecule has 0 aromatic heterocycles. The molecule has 0 unspecified atom stereocenters. The van der Waals surface area contributed by atoms with E-state index in [4.69, 9.17) is 18.9 Å². The van der Waals surface area contributed by atoms with E-state index in [2.05, 4.69) is 5.32 Å². The number of anilines is 1. The molecular weight excluding hydrogens is 366 g/mol. The molecule has 0 spiro atoms. The van der Waals surface area contributed by atoms with Gasteiger partial charge >= 0.3 is 0 Å². The van der Waals surface area contributed by atoms with Gasteiger partial charge in [0.05, 0.1) is 39.7 Å². The monoisotopic (exact) mass is 387 g/mol. The zero-order chi connectivity index (χ0) is 20.7. The molecule has 0 radical (unpaired) electrons. The number of hydrogen-bond acceptors (Lipinski definition) is 7. The molecule has 2 aromatic carbocycles. The number of amides is 1. The van der Waals surface area contributed by atoms with Crippen molar-refractivity contribution in [2.24, 2.45) is 0 Å². The van der Waals surface area contributed by atoms with Crippen molar-refractivity contribution in [2.45, 2.75) is 0 Å². The number of ketones is 1. The summed E-state index contributed by atoms with van der Waals surface area (Å²) in [5.41, 5.74) is 0.467. The minimum Gasteiger partial charge on any atom is -0.507 e. The van der Waals surface area contributed by atoms with Gasteiger partial charge in [-0.15, -0.1) is 0 Å². The second-order valence-corrected chi connectivity index (χ2v) is 5.48. The Morgan fingerprint density at radius 3 is 2.00 bits per heavy atom. The van der Waals surface area contributed by atoms with Crippen LogP contribution in [0.25, 0.3) is 5.76 Å². The highest BCUT2D eigenvalue weighted by Crippen LogP contribution is 2.30. The minimum absolute atomic E-state index is 0.210. The third-order valence-electron chi connectivity index (χ3n) is 3.83. The van der Waals surface area contributed by atoms with Crippen molar-refractivity contribution in [1.82, 2.24) is 0 Å². The lowest BCUT2D eigenvalue weighted by molar-refractivity contribution is -0.132. The van der Waals surface area contributed by atoms with Crippen LogP contribution in [0, 0.1) is 0 Å². The Bertz CT molecular complexity index is 905. The molecule has 0 saturated carbocycles. The van der Waals surface area contributed by atoms with Gasteiger partial charge in [-0.3, -0.25) is 9.59 Å². The largest absolute Gasteiger partial charge is 0.507 e. The molecule has 0 aliphatic heterocycles. The van der Waals surface area contributed by atoms with E-state index in [1.165, 1.54) is 40.6 Å². The fourth-order valence-corrected chi connectivity index (χ4v) is 2.38. The van der Waals surface area contributed by atoms with E-state index in [-0.39, 0.29) is 11.3 Å². The molecule has 1 amide bonds. The highest BCUT2D eigenvalue weighted by molar-refractivity contribution is 6.45. The molecule has 0 aliphatic rings.